The van der Waals surface area contributed by atoms with Crippen LogP contribution in [-0.4, -0.2) is 35.5 Å². The number of ether oxygens (including phenoxy) is 2. The molecule has 124 valence electrons. The molecule has 1 atom stereocenters. The van der Waals surface area contributed by atoms with E-state index >= 15 is 0 Å². The van der Waals surface area contributed by atoms with Gasteiger partial charge in [0.05, 0.1) is 0 Å². The summed E-state index contributed by atoms with van der Waals surface area (Å²) in [6.07, 6.45) is 0. The summed E-state index contributed by atoms with van der Waals surface area (Å²) in [7, 11) is 1.29. The summed E-state index contributed by atoms with van der Waals surface area (Å²) in [6.45, 7) is 5.70. The van der Waals surface area contributed by atoms with Crippen LogP contribution in [0.2, 0.25) is 0 Å². The van der Waals surface area contributed by atoms with Gasteiger partial charge in [-0.1, -0.05) is 0 Å². The van der Waals surface area contributed by atoms with Crippen molar-refractivity contribution < 1.29 is 19.1 Å². The van der Waals surface area contributed by atoms with Crippen LogP contribution in [0.25, 0.3) is 0 Å². The van der Waals surface area contributed by atoms with Crippen LogP contribution < -0.4 is 0 Å². The number of carbonyl (C=O) groups excluding carboxylic acids is 2. The van der Waals surface area contributed by atoms with E-state index in [-0.39, 0.29) is 6.61 Å². The standard InChI is InChI=1S/C17H25IO4/c1-7-22-16(20)14(15(19)21-6)17(2,3)12-8-10-13(11-9-12)18(4)5/h8-11,14H,7H2,1-6H3. The Bertz CT molecular complexity index is 520. The first-order chi connectivity index (χ1) is 10.3. The molecule has 1 aromatic carbocycles. The van der Waals surface area contributed by atoms with Crippen LogP contribution >= 0.6 is 19.8 Å². The van der Waals surface area contributed by atoms with E-state index in [1.165, 1.54) is 10.7 Å². The van der Waals surface area contributed by atoms with E-state index in [0.29, 0.717) is 0 Å². The van der Waals surface area contributed by atoms with Crippen molar-refractivity contribution in [3.05, 3.63) is 33.4 Å². The fraction of sp³-hybridized carbons (Fsp3) is 0.529. The summed E-state index contributed by atoms with van der Waals surface area (Å²) in [5.41, 5.74) is 0.232. The van der Waals surface area contributed by atoms with E-state index in [0.717, 1.165) is 5.56 Å². The quantitative estimate of drug-likeness (QED) is 0.307. The van der Waals surface area contributed by atoms with Crippen LogP contribution in [0.4, 0.5) is 0 Å². The number of hydrogen-bond donors (Lipinski definition) is 0. The van der Waals surface area contributed by atoms with Gasteiger partial charge in [0.2, 0.25) is 0 Å². The monoisotopic (exact) mass is 420 g/mol. The van der Waals surface area contributed by atoms with Gasteiger partial charge in [0.1, 0.15) is 0 Å². The second-order valence-corrected chi connectivity index (χ2v) is 11.3. The normalized spacial score (nSPS) is 13.3. The molecule has 0 radical (unpaired) electrons. The van der Waals surface area contributed by atoms with E-state index in [9.17, 15) is 9.59 Å². The first-order valence-corrected chi connectivity index (χ1v) is 12.5. The molecular formula is C17H25IO4. The third-order valence-corrected chi connectivity index (χ3v) is 6.92. The zero-order valence-corrected chi connectivity index (χ0v) is 16.3. The van der Waals surface area contributed by atoms with E-state index in [2.05, 4.69) is 22.0 Å². The van der Waals surface area contributed by atoms with Crippen molar-refractivity contribution in [3.63, 3.8) is 0 Å². The van der Waals surface area contributed by atoms with Crippen molar-refractivity contribution in [1.82, 2.24) is 0 Å². The van der Waals surface area contributed by atoms with Crippen LogP contribution in [-0.2, 0) is 24.5 Å². The van der Waals surface area contributed by atoms with E-state index < -0.39 is 43.1 Å². The molecular weight excluding hydrogens is 395 g/mol. The molecule has 0 saturated heterocycles. The van der Waals surface area contributed by atoms with Crippen molar-refractivity contribution in [2.75, 3.05) is 23.6 Å². The molecule has 0 aromatic heterocycles. The van der Waals surface area contributed by atoms with Crippen molar-refractivity contribution >= 4 is 31.8 Å². The van der Waals surface area contributed by atoms with Crippen molar-refractivity contribution in [1.29, 1.82) is 0 Å². The number of carbonyl (C=O) groups is 2. The summed E-state index contributed by atoms with van der Waals surface area (Å²) in [5.74, 6) is -2.07. The summed E-state index contributed by atoms with van der Waals surface area (Å²) in [6, 6.07) is 8.20. The van der Waals surface area contributed by atoms with Crippen LogP contribution in [0.1, 0.15) is 26.3 Å². The zero-order valence-electron chi connectivity index (χ0n) is 14.1. The Morgan fingerprint density at radius 1 is 1.14 bits per heavy atom. The molecule has 1 aromatic rings. The number of benzene rings is 1. The predicted octanol–water partition coefficient (Wildman–Crippen LogP) is 3.25. The third-order valence-electron chi connectivity index (χ3n) is 3.71. The van der Waals surface area contributed by atoms with Gasteiger partial charge >= 0.3 is 140 Å². The maximum atomic E-state index is 12.2. The Kier molecular flexibility index (Phi) is 6.84. The molecule has 4 nitrogen and oxygen atoms in total. The maximum absolute atomic E-state index is 12.2. The van der Waals surface area contributed by atoms with Gasteiger partial charge in [-0.05, 0) is 0 Å². The SMILES string of the molecule is CCOC(=O)C(C(=O)OC)C(C)(C)c1ccc(I(C)C)cc1. The Morgan fingerprint density at radius 2 is 1.68 bits per heavy atom. The molecule has 1 rings (SSSR count). The summed E-state index contributed by atoms with van der Waals surface area (Å²) < 4.78 is 11.3. The van der Waals surface area contributed by atoms with Crippen molar-refractivity contribution in [3.8, 4) is 0 Å². The summed E-state index contributed by atoms with van der Waals surface area (Å²) >= 11 is -1.03. The first kappa shape index (κ1) is 18.9. The molecule has 0 spiro atoms. The minimum absolute atomic E-state index is 0.237. The second kappa shape index (κ2) is 7.94. The molecule has 0 fully saturated rings. The van der Waals surface area contributed by atoms with Gasteiger partial charge in [0.25, 0.3) is 0 Å². The van der Waals surface area contributed by atoms with Gasteiger partial charge in [0.15, 0.2) is 0 Å². The van der Waals surface area contributed by atoms with Crippen LogP contribution in [0.15, 0.2) is 24.3 Å². The minimum atomic E-state index is -1.03. The molecule has 5 heteroatoms. The Balaban J connectivity index is 3.19. The summed E-state index contributed by atoms with van der Waals surface area (Å²) in [4.78, 5) is 28.9. The molecule has 0 aliphatic rings. The molecule has 0 aliphatic heterocycles. The molecule has 0 amide bonds. The predicted molar refractivity (Wildman–Crippen MR) is 96.2 cm³/mol. The van der Waals surface area contributed by atoms with Gasteiger partial charge in [-0.25, -0.2) is 0 Å². The number of hydrogen-bond acceptors (Lipinski definition) is 4. The molecule has 0 bridgehead atoms. The van der Waals surface area contributed by atoms with Crippen LogP contribution in [0.3, 0.4) is 0 Å². The molecule has 0 aliphatic carbocycles. The Morgan fingerprint density at radius 3 is 2.09 bits per heavy atom. The van der Waals surface area contributed by atoms with Crippen LogP contribution in [0.5, 0.6) is 0 Å². The third kappa shape index (κ3) is 4.21. The van der Waals surface area contributed by atoms with E-state index in [1.54, 1.807) is 6.92 Å². The molecule has 0 N–H and O–H groups in total. The van der Waals surface area contributed by atoms with Gasteiger partial charge in [-0.15, -0.1) is 0 Å². The number of esters is 2. The van der Waals surface area contributed by atoms with Gasteiger partial charge < -0.3 is 0 Å². The average molecular weight is 420 g/mol. The Hall–Kier alpha value is -1.11. The van der Waals surface area contributed by atoms with Gasteiger partial charge in [-0.2, -0.15) is 0 Å². The van der Waals surface area contributed by atoms with Crippen molar-refractivity contribution in [2.45, 2.75) is 26.2 Å². The number of halogens is 1. The van der Waals surface area contributed by atoms with Gasteiger partial charge in [0, 0.05) is 0 Å². The molecule has 22 heavy (non-hydrogen) atoms. The van der Waals surface area contributed by atoms with E-state index in [1.807, 2.05) is 26.0 Å². The second-order valence-electron chi connectivity index (χ2n) is 5.69. The Labute approximate surface area is 140 Å². The van der Waals surface area contributed by atoms with E-state index in [4.69, 9.17) is 9.47 Å². The number of alkyl halides is 2. The molecule has 1 unspecified atom stereocenters. The summed E-state index contributed by atoms with van der Waals surface area (Å²) in [5, 5.41) is 0. The van der Waals surface area contributed by atoms with Gasteiger partial charge in [-0.3, -0.25) is 0 Å². The zero-order chi connectivity index (χ0) is 16.9. The number of methoxy groups -OCH3 is 1. The number of rotatable bonds is 6. The van der Waals surface area contributed by atoms with Crippen molar-refractivity contribution in [2.24, 2.45) is 5.92 Å². The first-order valence-electron chi connectivity index (χ1n) is 7.10. The van der Waals surface area contributed by atoms with Crippen LogP contribution in [0, 0.1) is 9.49 Å². The fourth-order valence-corrected chi connectivity index (χ4v) is 4.12. The fourth-order valence-electron chi connectivity index (χ4n) is 2.33. The molecule has 0 saturated carbocycles. The average Bonchev–Trinajstić information content (AvgIpc) is 2.47. The topological polar surface area (TPSA) is 52.6 Å². The molecule has 0 heterocycles.